The Hall–Kier alpha value is -2.63. The number of nitrogens with zero attached hydrogens (tertiary/aromatic N) is 3. The Balaban J connectivity index is 1.86. The molecule has 6 nitrogen and oxygen atoms in total. The van der Waals surface area contributed by atoms with Gasteiger partial charge in [-0.05, 0) is 50.8 Å². The number of esters is 1. The van der Waals surface area contributed by atoms with Crippen molar-refractivity contribution in [3.8, 4) is 11.3 Å². The Kier molecular flexibility index (Phi) is 6.27. The molecule has 2 aromatic rings. The molecule has 6 heteroatoms. The van der Waals surface area contributed by atoms with Crippen LogP contribution >= 0.6 is 0 Å². The van der Waals surface area contributed by atoms with Gasteiger partial charge in [-0.25, -0.2) is 9.48 Å². The van der Waals surface area contributed by atoms with E-state index in [1.54, 1.807) is 13.0 Å². The number of ether oxygens (including phenoxy) is 1. The van der Waals surface area contributed by atoms with Gasteiger partial charge >= 0.3 is 5.97 Å². The van der Waals surface area contributed by atoms with Gasteiger partial charge in [-0.2, -0.15) is 5.10 Å². The van der Waals surface area contributed by atoms with Crippen LogP contribution in [0.2, 0.25) is 0 Å². The fourth-order valence-corrected chi connectivity index (χ4v) is 3.48. The number of carbonyl (C=O) groups is 1. The van der Waals surface area contributed by atoms with Crippen LogP contribution in [0.4, 0.5) is 5.69 Å². The van der Waals surface area contributed by atoms with Crippen molar-refractivity contribution in [2.75, 3.05) is 24.6 Å². The maximum Gasteiger partial charge on any atom is 0.331 e. The molecule has 0 amide bonds. The van der Waals surface area contributed by atoms with E-state index in [1.807, 2.05) is 19.1 Å². The average molecular weight is 369 g/mol. The number of carbonyl (C=O) groups excluding carboxylic acids is 1. The van der Waals surface area contributed by atoms with Gasteiger partial charge in [0.2, 0.25) is 0 Å². The minimum absolute atomic E-state index is 0.280. The molecule has 0 spiro atoms. The zero-order valence-corrected chi connectivity index (χ0v) is 16.1. The van der Waals surface area contributed by atoms with Crippen LogP contribution < -0.4 is 10.5 Å². The zero-order valence-electron chi connectivity index (χ0n) is 16.1. The summed E-state index contributed by atoms with van der Waals surface area (Å²) in [6.07, 6.45) is 4.23. The molecule has 1 saturated heterocycles. The first-order valence-electron chi connectivity index (χ1n) is 9.76. The number of piperidine rings is 1. The molecule has 3 rings (SSSR count). The zero-order chi connectivity index (χ0) is 19.2. The van der Waals surface area contributed by atoms with E-state index in [9.17, 15) is 9.59 Å². The smallest absolute Gasteiger partial charge is 0.331 e. The normalized spacial score (nSPS) is 15.4. The van der Waals surface area contributed by atoms with Crippen LogP contribution in [0, 0.1) is 0 Å². The lowest BCUT2D eigenvalue weighted by molar-refractivity contribution is -0.147. The molecule has 1 fully saturated rings. The Morgan fingerprint density at radius 1 is 1.07 bits per heavy atom. The van der Waals surface area contributed by atoms with Gasteiger partial charge in [-0.1, -0.05) is 19.1 Å². The highest BCUT2D eigenvalue weighted by atomic mass is 16.5. The Labute approximate surface area is 159 Å². The van der Waals surface area contributed by atoms with Crippen molar-refractivity contribution in [2.24, 2.45) is 0 Å². The molecule has 144 valence electrons. The summed E-state index contributed by atoms with van der Waals surface area (Å²) in [7, 11) is 0. The van der Waals surface area contributed by atoms with Crippen molar-refractivity contribution in [1.82, 2.24) is 9.78 Å². The quantitative estimate of drug-likeness (QED) is 0.730. The summed E-state index contributed by atoms with van der Waals surface area (Å²) < 4.78 is 6.33. The number of rotatable bonds is 6. The van der Waals surface area contributed by atoms with Crippen molar-refractivity contribution in [2.45, 2.75) is 45.6 Å². The lowest BCUT2D eigenvalue weighted by atomic mass is 10.1. The number of anilines is 1. The first kappa shape index (κ1) is 19.1. The summed E-state index contributed by atoms with van der Waals surface area (Å²) in [6, 6.07) is 10.7. The maximum atomic E-state index is 12.3. The molecule has 1 aliphatic heterocycles. The molecule has 1 aromatic heterocycles. The van der Waals surface area contributed by atoms with E-state index in [-0.39, 0.29) is 12.2 Å². The molecule has 1 aromatic carbocycles. The van der Waals surface area contributed by atoms with Gasteiger partial charge in [-0.3, -0.25) is 4.79 Å². The number of benzene rings is 1. The van der Waals surface area contributed by atoms with Gasteiger partial charge in [0.25, 0.3) is 5.56 Å². The van der Waals surface area contributed by atoms with Gasteiger partial charge in [-0.15, -0.1) is 0 Å². The third-order valence-corrected chi connectivity index (χ3v) is 4.95. The van der Waals surface area contributed by atoms with E-state index in [4.69, 9.17) is 4.74 Å². The monoisotopic (exact) mass is 369 g/mol. The minimum atomic E-state index is -0.704. The third-order valence-electron chi connectivity index (χ3n) is 4.95. The van der Waals surface area contributed by atoms with Crippen LogP contribution in [0.5, 0.6) is 0 Å². The van der Waals surface area contributed by atoms with Crippen molar-refractivity contribution in [1.29, 1.82) is 0 Å². The van der Waals surface area contributed by atoms with Gasteiger partial charge < -0.3 is 9.64 Å². The second kappa shape index (κ2) is 8.84. The molecule has 0 aliphatic carbocycles. The summed E-state index contributed by atoms with van der Waals surface area (Å²) in [5.41, 5.74) is 2.50. The van der Waals surface area contributed by atoms with Crippen LogP contribution in [0.15, 0.2) is 41.2 Å². The molecule has 2 heterocycles. The van der Waals surface area contributed by atoms with Crippen LogP contribution in [-0.4, -0.2) is 35.4 Å². The predicted molar refractivity (Wildman–Crippen MR) is 106 cm³/mol. The minimum Gasteiger partial charge on any atom is -0.464 e. The third kappa shape index (κ3) is 4.38. The van der Waals surface area contributed by atoms with Crippen LogP contribution in [0.1, 0.15) is 45.6 Å². The van der Waals surface area contributed by atoms with E-state index in [2.05, 4.69) is 22.1 Å². The molecular formula is C21H27N3O3. The highest BCUT2D eigenvalue weighted by Gasteiger charge is 2.22. The largest absolute Gasteiger partial charge is 0.464 e. The molecule has 1 aliphatic rings. The number of hydrogen-bond donors (Lipinski definition) is 0. The second-order valence-corrected chi connectivity index (χ2v) is 6.77. The average Bonchev–Trinajstić information content (AvgIpc) is 2.71. The number of aromatic nitrogens is 2. The van der Waals surface area contributed by atoms with E-state index in [0.717, 1.165) is 18.7 Å². The fourth-order valence-electron chi connectivity index (χ4n) is 3.48. The van der Waals surface area contributed by atoms with E-state index in [1.165, 1.54) is 35.7 Å². The Bertz CT molecular complexity index is 823. The lowest BCUT2D eigenvalue weighted by Gasteiger charge is -2.28. The van der Waals surface area contributed by atoms with Crippen molar-refractivity contribution < 1.29 is 9.53 Å². The molecule has 0 saturated carbocycles. The molecule has 27 heavy (non-hydrogen) atoms. The number of hydrogen-bond acceptors (Lipinski definition) is 5. The summed E-state index contributed by atoms with van der Waals surface area (Å²) in [6.45, 7) is 6.07. The topological polar surface area (TPSA) is 64.4 Å². The molecule has 1 atom stereocenters. The summed E-state index contributed by atoms with van der Waals surface area (Å²) in [5, 5.41) is 4.45. The highest BCUT2D eigenvalue weighted by Crippen LogP contribution is 2.24. The highest BCUT2D eigenvalue weighted by molar-refractivity contribution is 5.74. The molecule has 0 bridgehead atoms. The molecule has 0 unspecified atom stereocenters. The van der Waals surface area contributed by atoms with Gasteiger partial charge in [0.15, 0.2) is 6.04 Å². The lowest BCUT2D eigenvalue weighted by Crippen LogP contribution is -2.32. The first-order chi connectivity index (χ1) is 13.1. The summed E-state index contributed by atoms with van der Waals surface area (Å²) in [5.74, 6) is -0.424. The molecular weight excluding hydrogens is 342 g/mol. The van der Waals surface area contributed by atoms with Crippen LogP contribution in [0.3, 0.4) is 0 Å². The van der Waals surface area contributed by atoms with Gasteiger partial charge in [0, 0.05) is 30.4 Å². The van der Waals surface area contributed by atoms with E-state index in [0.29, 0.717) is 12.1 Å². The van der Waals surface area contributed by atoms with Crippen molar-refractivity contribution in [3.63, 3.8) is 0 Å². The molecule has 0 N–H and O–H groups in total. The van der Waals surface area contributed by atoms with Gasteiger partial charge in [0.05, 0.1) is 12.3 Å². The summed E-state index contributed by atoms with van der Waals surface area (Å²) >= 11 is 0. The van der Waals surface area contributed by atoms with Crippen molar-refractivity contribution >= 4 is 11.7 Å². The van der Waals surface area contributed by atoms with Crippen LogP contribution in [-0.2, 0) is 9.53 Å². The Morgan fingerprint density at radius 2 is 1.78 bits per heavy atom. The van der Waals surface area contributed by atoms with E-state index < -0.39 is 12.0 Å². The van der Waals surface area contributed by atoms with E-state index >= 15 is 0 Å². The Morgan fingerprint density at radius 3 is 2.41 bits per heavy atom. The first-order valence-corrected chi connectivity index (χ1v) is 9.76. The van der Waals surface area contributed by atoms with Crippen LogP contribution in [0.25, 0.3) is 11.3 Å². The molecule has 0 radical (unpaired) electrons. The standard InChI is InChI=1S/C21H27N3O3/c1-3-19(21(26)27-4-2)24-20(25)13-12-18(22-24)16-8-10-17(11-9-16)23-14-6-5-7-15-23/h8-13,19H,3-7,14-15H2,1-2H3/t19-/m1/s1. The maximum absolute atomic E-state index is 12.3. The fraction of sp³-hybridized carbons (Fsp3) is 0.476. The SMILES string of the molecule is CCOC(=O)[C@@H](CC)n1nc(-c2ccc(N3CCCCC3)cc2)ccc1=O. The van der Waals surface area contributed by atoms with Crippen molar-refractivity contribution in [3.05, 3.63) is 46.8 Å². The van der Waals surface area contributed by atoms with Gasteiger partial charge in [0.1, 0.15) is 0 Å². The second-order valence-electron chi connectivity index (χ2n) is 6.77. The predicted octanol–water partition coefficient (Wildman–Crippen LogP) is 3.41. The summed E-state index contributed by atoms with van der Waals surface area (Å²) in [4.78, 5) is 26.8.